The number of rotatable bonds is 0. The summed E-state index contributed by atoms with van der Waals surface area (Å²) >= 11 is 0. The molecule has 0 saturated carbocycles. The van der Waals surface area contributed by atoms with Crippen LogP contribution in [0.4, 0.5) is 0 Å². The van der Waals surface area contributed by atoms with Gasteiger partial charge in [0, 0.05) is 24.2 Å². The molecule has 0 aromatic rings. The van der Waals surface area contributed by atoms with Gasteiger partial charge >= 0.3 is 0 Å². The van der Waals surface area contributed by atoms with Crippen molar-refractivity contribution < 1.29 is 0 Å². The Kier molecular flexibility index (Phi) is 2.44. The van der Waals surface area contributed by atoms with Crippen LogP contribution in [0.15, 0.2) is 23.4 Å². The van der Waals surface area contributed by atoms with E-state index in [-0.39, 0.29) is 0 Å². The predicted molar refractivity (Wildman–Crippen MR) is 65.6 cm³/mol. The topological polar surface area (TPSA) is 3.24 Å². The molecule has 2 aliphatic rings. The number of fused-ring (bicyclic) bond motifs is 1. The highest BCUT2D eigenvalue weighted by Crippen LogP contribution is 2.43. The summed E-state index contributed by atoms with van der Waals surface area (Å²) in [5, 5.41) is 0. The highest BCUT2D eigenvalue weighted by molar-refractivity contribution is 5.30. The molecule has 1 nitrogen and oxygen atoms in total. The molecule has 84 valence electrons. The van der Waals surface area contributed by atoms with E-state index >= 15 is 0 Å². The van der Waals surface area contributed by atoms with Crippen LogP contribution in [-0.2, 0) is 0 Å². The van der Waals surface area contributed by atoms with Gasteiger partial charge in [-0.2, -0.15) is 0 Å². The fourth-order valence-corrected chi connectivity index (χ4v) is 3.12. The van der Waals surface area contributed by atoms with Gasteiger partial charge in [0.05, 0.1) is 0 Å². The van der Waals surface area contributed by atoms with Gasteiger partial charge in [0.1, 0.15) is 0 Å². The summed E-state index contributed by atoms with van der Waals surface area (Å²) in [5.41, 5.74) is 3.30. The van der Waals surface area contributed by atoms with Gasteiger partial charge in [-0.15, -0.1) is 0 Å². The van der Waals surface area contributed by atoms with E-state index in [1.165, 1.54) is 18.4 Å². The van der Waals surface area contributed by atoms with Gasteiger partial charge < -0.3 is 4.90 Å². The Labute approximate surface area is 93.9 Å². The maximum atomic E-state index is 2.49. The molecular formula is C14H23N. The monoisotopic (exact) mass is 205 g/mol. The zero-order valence-corrected chi connectivity index (χ0v) is 10.7. The van der Waals surface area contributed by atoms with Crippen LogP contribution in [0.3, 0.4) is 0 Å². The smallest absolute Gasteiger partial charge is 0.0342 e. The van der Waals surface area contributed by atoms with Crippen molar-refractivity contribution in [2.45, 2.75) is 46.1 Å². The molecule has 1 saturated heterocycles. The van der Waals surface area contributed by atoms with Gasteiger partial charge in [-0.25, -0.2) is 0 Å². The lowest BCUT2D eigenvalue weighted by Crippen LogP contribution is -2.49. The van der Waals surface area contributed by atoms with Gasteiger partial charge in [0.25, 0.3) is 0 Å². The second-order valence-electron chi connectivity index (χ2n) is 5.91. The summed E-state index contributed by atoms with van der Waals surface area (Å²) < 4.78 is 0. The Balaban J connectivity index is 2.36. The van der Waals surface area contributed by atoms with E-state index in [1.54, 1.807) is 5.70 Å². The standard InChI is InChI=1S/C14H23N/c1-10-6-7-12-11(2)9-14(3,4)15(5)13(12)8-10/h6,8,11-12H,7,9H2,1-5H3. The second-order valence-corrected chi connectivity index (χ2v) is 5.91. The summed E-state index contributed by atoms with van der Waals surface area (Å²) in [7, 11) is 2.25. The van der Waals surface area contributed by atoms with Crippen LogP contribution in [0.2, 0.25) is 0 Å². The van der Waals surface area contributed by atoms with Crippen molar-refractivity contribution in [3.63, 3.8) is 0 Å². The highest BCUT2D eigenvalue weighted by atomic mass is 15.2. The minimum Gasteiger partial charge on any atom is -0.372 e. The zero-order valence-electron chi connectivity index (χ0n) is 10.7. The fraction of sp³-hybridized carbons (Fsp3) is 0.714. The molecule has 0 bridgehead atoms. The summed E-state index contributed by atoms with van der Waals surface area (Å²) in [6.45, 7) is 9.33. The molecule has 1 aliphatic heterocycles. The quantitative estimate of drug-likeness (QED) is 0.584. The van der Waals surface area contributed by atoms with E-state index in [2.05, 4.69) is 51.8 Å². The van der Waals surface area contributed by atoms with Crippen LogP contribution in [0, 0.1) is 11.8 Å². The summed E-state index contributed by atoms with van der Waals surface area (Å²) in [6, 6.07) is 0. The van der Waals surface area contributed by atoms with E-state index in [9.17, 15) is 0 Å². The van der Waals surface area contributed by atoms with Crippen molar-refractivity contribution in [2.24, 2.45) is 11.8 Å². The van der Waals surface area contributed by atoms with Crippen LogP contribution in [0.25, 0.3) is 0 Å². The average molecular weight is 205 g/mol. The normalized spacial score (nSPS) is 34.3. The van der Waals surface area contributed by atoms with Crippen molar-refractivity contribution in [1.29, 1.82) is 0 Å². The third-order valence-electron chi connectivity index (χ3n) is 4.25. The lowest BCUT2D eigenvalue weighted by Gasteiger charge is -2.50. The molecule has 0 spiro atoms. The SMILES string of the molecule is CC1=CCC2C(=C1)N(C)C(C)(C)CC2C. The molecule has 0 aromatic carbocycles. The molecule has 2 rings (SSSR count). The third-order valence-corrected chi connectivity index (χ3v) is 4.25. The van der Waals surface area contributed by atoms with Crippen LogP contribution in [0.5, 0.6) is 0 Å². The molecule has 0 N–H and O–H groups in total. The lowest BCUT2D eigenvalue weighted by atomic mass is 9.72. The van der Waals surface area contributed by atoms with Crippen LogP contribution >= 0.6 is 0 Å². The number of nitrogens with zero attached hydrogens (tertiary/aromatic N) is 1. The molecule has 15 heavy (non-hydrogen) atoms. The van der Waals surface area contributed by atoms with Crippen molar-refractivity contribution in [1.82, 2.24) is 4.90 Å². The van der Waals surface area contributed by atoms with Gasteiger partial charge in [-0.3, -0.25) is 0 Å². The molecule has 2 unspecified atom stereocenters. The first-order valence-electron chi connectivity index (χ1n) is 6.04. The lowest BCUT2D eigenvalue weighted by molar-refractivity contribution is 0.0818. The first kappa shape index (κ1) is 10.8. The van der Waals surface area contributed by atoms with Crippen LogP contribution < -0.4 is 0 Å². The predicted octanol–water partition coefficient (Wildman–Crippen LogP) is 3.59. The molecular weight excluding hydrogens is 182 g/mol. The van der Waals surface area contributed by atoms with Crippen molar-refractivity contribution >= 4 is 0 Å². The molecule has 2 atom stereocenters. The van der Waals surface area contributed by atoms with Crippen LogP contribution in [-0.4, -0.2) is 17.5 Å². The zero-order chi connectivity index (χ0) is 11.2. The Bertz CT molecular complexity index is 322. The maximum Gasteiger partial charge on any atom is 0.0342 e. The van der Waals surface area contributed by atoms with E-state index in [0.29, 0.717) is 5.54 Å². The first-order chi connectivity index (χ1) is 6.92. The number of allylic oxidation sites excluding steroid dienone is 4. The van der Waals surface area contributed by atoms with E-state index in [1.807, 2.05) is 0 Å². The molecule has 0 radical (unpaired) electrons. The Morgan fingerprint density at radius 1 is 1.40 bits per heavy atom. The van der Waals surface area contributed by atoms with E-state index < -0.39 is 0 Å². The summed E-state index contributed by atoms with van der Waals surface area (Å²) in [6.07, 6.45) is 7.31. The molecule has 0 aromatic heterocycles. The molecule has 0 amide bonds. The highest BCUT2D eigenvalue weighted by Gasteiger charge is 2.39. The largest absolute Gasteiger partial charge is 0.372 e. The number of piperidine rings is 1. The summed E-state index contributed by atoms with van der Waals surface area (Å²) in [4.78, 5) is 2.49. The molecule has 1 heteroatoms. The second kappa shape index (κ2) is 3.40. The molecule has 1 heterocycles. The van der Waals surface area contributed by atoms with E-state index in [4.69, 9.17) is 0 Å². The van der Waals surface area contributed by atoms with Gasteiger partial charge in [-0.05, 0) is 45.6 Å². The number of likely N-dealkylation sites (tertiary alicyclic amines) is 1. The first-order valence-corrected chi connectivity index (χ1v) is 6.04. The Morgan fingerprint density at radius 3 is 2.73 bits per heavy atom. The fourth-order valence-electron chi connectivity index (χ4n) is 3.12. The van der Waals surface area contributed by atoms with Crippen LogP contribution in [0.1, 0.15) is 40.5 Å². The minimum atomic E-state index is 0.319. The number of hydrogen-bond donors (Lipinski definition) is 0. The molecule has 1 fully saturated rings. The van der Waals surface area contributed by atoms with Gasteiger partial charge in [-0.1, -0.05) is 18.6 Å². The maximum absolute atomic E-state index is 2.49. The van der Waals surface area contributed by atoms with Crippen molar-refractivity contribution in [3.8, 4) is 0 Å². The Hall–Kier alpha value is -0.720. The average Bonchev–Trinajstić information content (AvgIpc) is 2.13. The minimum absolute atomic E-state index is 0.319. The van der Waals surface area contributed by atoms with Crippen molar-refractivity contribution in [3.05, 3.63) is 23.4 Å². The van der Waals surface area contributed by atoms with E-state index in [0.717, 1.165) is 11.8 Å². The van der Waals surface area contributed by atoms with Crippen molar-refractivity contribution in [2.75, 3.05) is 7.05 Å². The van der Waals surface area contributed by atoms with Gasteiger partial charge in [0.2, 0.25) is 0 Å². The summed E-state index contributed by atoms with van der Waals surface area (Å²) in [5.74, 6) is 1.57. The molecule has 1 aliphatic carbocycles. The van der Waals surface area contributed by atoms with Gasteiger partial charge in [0.15, 0.2) is 0 Å². The number of hydrogen-bond acceptors (Lipinski definition) is 1. The third kappa shape index (κ3) is 1.73. The Morgan fingerprint density at radius 2 is 2.07 bits per heavy atom.